The Morgan fingerprint density at radius 2 is 1.81 bits per heavy atom. The van der Waals surface area contributed by atoms with Crippen LogP contribution in [0.25, 0.3) is 0 Å². The molecule has 0 atom stereocenters. The number of amides is 2. The maximum atomic E-state index is 12.9. The summed E-state index contributed by atoms with van der Waals surface area (Å²) < 4.78 is 38.9. The van der Waals surface area contributed by atoms with Crippen molar-refractivity contribution in [2.45, 2.75) is 43.5 Å². The topological polar surface area (TPSA) is 86.8 Å². The van der Waals surface area contributed by atoms with Crippen molar-refractivity contribution < 1.29 is 22.4 Å². The van der Waals surface area contributed by atoms with Crippen LogP contribution in [0.5, 0.6) is 0 Å². The molecule has 1 aliphatic heterocycles. The molecule has 0 radical (unpaired) electrons. The van der Waals surface area contributed by atoms with Crippen molar-refractivity contribution in [3.05, 3.63) is 30.1 Å². The molecule has 150 valence electrons. The third-order valence-corrected chi connectivity index (χ3v) is 6.58. The molecule has 2 rings (SSSR count). The second kappa shape index (κ2) is 9.27. The van der Waals surface area contributed by atoms with Crippen molar-refractivity contribution in [3.8, 4) is 0 Å². The Bertz CT molecular complexity index is 759. The van der Waals surface area contributed by atoms with E-state index in [1.54, 1.807) is 4.90 Å². The summed E-state index contributed by atoms with van der Waals surface area (Å²) in [5, 5.41) is 2.94. The second-order valence-electron chi connectivity index (χ2n) is 6.73. The van der Waals surface area contributed by atoms with Gasteiger partial charge in [0.1, 0.15) is 5.82 Å². The lowest BCUT2D eigenvalue weighted by atomic mass is 10.0. The zero-order valence-corrected chi connectivity index (χ0v) is 16.5. The quantitative estimate of drug-likeness (QED) is 0.750. The van der Waals surface area contributed by atoms with E-state index in [1.165, 1.54) is 30.4 Å². The Morgan fingerprint density at radius 1 is 1.22 bits per heavy atom. The lowest BCUT2D eigenvalue weighted by molar-refractivity contribution is -0.130. The van der Waals surface area contributed by atoms with Gasteiger partial charge in [-0.05, 0) is 43.5 Å². The van der Waals surface area contributed by atoms with E-state index in [9.17, 15) is 22.4 Å². The highest BCUT2D eigenvalue weighted by atomic mass is 32.2. The highest BCUT2D eigenvalue weighted by molar-refractivity contribution is 7.89. The molecule has 0 aromatic heterocycles. The molecule has 7 nitrogen and oxygen atoms in total. The number of nitrogens with one attached hydrogen (secondary N) is 1. The fourth-order valence-corrected chi connectivity index (χ4v) is 4.22. The molecular weight excluding hydrogens is 373 g/mol. The number of halogens is 1. The van der Waals surface area contributed by atoms with Crippen LogP contribution >= 0.6 is 0 Å². The number of hydrogen-bond donors (Lipinski definition) is 1. The summed E-state index contributed by atoms with van der Waals surface area (Å²) in [5.41, 5.74) is 0. The van der Waals surface area contributed by atoms with Gasteiger partial charge in [0.25, 0.3) is 0 Å². The van der Waals surface area contributed by atoms with Crippen LogP contribution in [0.3, 0.4) is 0 Å². The lowest BCUT2D eigenvalue weighted by Gasteiger charge is -2.31. The lowest BCUT2D eigenvalue weighted by Crippen LogP contribution is -2.46. The Hall–Kier alpha value is -2.00. The average molecular weight is 399 g/mol. The van der Waals surface area contributed by atoms with Gasteiger partial charge >= 0.3 is 0 Å². The molecule has 0 spiro atoms. The molecular formula is C18H26FN3O4S. The number of hydrogen-bond acceptors (Lipinski definition) is 4. The fourth-order valence-electron chi connectivity index (χ4n) is 3.01. The molecule has 9 heteroatoms. The van der Waals surface area contributed by atoms with Gasteiger partial charge < -0.3 is 10.2 Å². The van der Waals surface area contributed by atoms with Gasteiger partial charge in [-0.3, -0.25) is 9.59 Å². The summed E-state index contributed by atoms with van der Waals surface area (Å²) in [6.07, 6.45) is 2.06. The molecule has 1 aromatic rings. The highest BCUT2D eigenvalue weighted by Gasteiger charge is 2.23. The van der Waals surface area contributed by atoms with Crippen LogP contribution in [-0.4, -0.2) is 62.2 Å². The predicted octanol–water partition coefficient (Wildman–Crippen LogP) is 1.35. The Balaban J connectivity index is 1.74. The first kappa shape index (κ1) is 21.3. The van der Waals surface area contributed by atoms with Crippen LogP contribution in [-0.2, 0) is 19.6 Å². The maximum absolute atomic E-state index is 12.9. The minimum atomic E-state index is -3.70. The molecule has 1 saturated heterocycles. The number of carbonyl (C=O) groups is 2. The van der Waals surface area contributed by atoms with Crippen LogP contribution in [0.1, 0.15) is 32.6 Å². The minimum absolute atomic E-state index is 0.0214. The van der Waals surface area contributed by atoms with Crippen molar-refractivity contribution >= 4 is 21.8 Å². The molecule has 1 aliphatic rings. The monoisotopic (exact) mass is 399 g/mol. The van der Waals surface area contributed by atoms with Crippen LogP contribution < -0.4 is 5.32 Å². The van der Waals surface area contributed by atoms with Gasteiger partial charge in [0, 0.05) is 46.1 Å². The van der Waals surface area contributed by atoms with E-state index in [0.29, 0.717) is 19.5 Å². The number of likely N-dealkylation sites (tertiary alicyclic amines) is 1. The summed E-state index contributed by atoms with van der Waals surface area (Å²) >= 11 is 0. The van der Waals surface area contributed by atoms with E-state index in [4.69, 9.17) is 0 Å². The summed E-state index contributed by atoms with van der Waals surface area (Å²) in [7, 11) is -2.26. The zero-order valence-electron chi connectivity index (χ0n) is 15.7. The number of benzene rings is 1. The maximum Gasteiger partial charge on any atom is 0.242 e. The van der Waals surface area contributed by atoms with E-state index >= 15 is 0 Å². The van der Waals surface area contributed by atoms with Crippen molar-refractivity contribution in [2.75, 3.05) is 26.7 Å². The molecule has 1 fully saturated rings. The number of rotatable bonds is 7. The van der Waals surface area contributed by atoms with Crippen molar-refractivity contribution in [1.29, 1.82) is 0 Å². The first-order chi connectivity index (χ1) is 12.7. The third-order valence-electron chi connectivity index (χ3n) is 4.70. The summed E-state index contributed by atoms with van der Waals surface area (Å²) in [4.78, 5) is 25.1. The Kier molecular flexibility index (Phi) is 7.32. The smallest absolute Gasteiger partial charge is 0.242 e. The van der Waals surface area contributed by atoms with E-state index in [2.05, 4.69) is 5.32 Å². The number of piperidine rings is 1. The van der Waals surface area contributed by atoms with Gasteiger partial charge in [-0.25, -0.2) is 17.1 Å². The third kappa shape index (κ3) is 6.00. The first-order valence-corrected chi connectivity index (χ1v) is 10.4. The van der Waals surface area contributed by atoms with Crippen LogP contribution in [0.4, 0.5) is 4.39 Å². The van der Waals surface area contributed by atoms with Crippen LogP contribution in [0.15, 0.2) is 29.2 Å². The SMILES string of the molecule is CC(=O)N1CCC(NC(=O)CCCN(C)S(=O)(=O)c2ccc(F)cc2)CC1. The number of nitrogens with zero attached hydrogens (tertiary/aromatic N) is 2. The van der Waals surface area contributed by atoms with Crippen molar-refractivity contribution in [2.24, 2.45) is 0 Å². The van der Waals surface area contributed by atoms with Gasteiger partial charge in [0.2, 0.25) is 21.8 Å². The molecule has 2 amide bonds. The van der Waals surface area contributed by atoms with Gasteiger partial charge in [0.05, 0.1) is 4.90 Å². The van der Waals surface area contributed by atoms with Crippen LogP contribution in [0.2, 0.25) is 0 Å². The van der Waals surface area contributed by atoms with Gasteiger partial charge in [-0.1, -0.05) is 0 Å². The van der Waals surface area contributed by atoms with Crippen molar-refractivity contribution in [1.82, 2.24) is 14.5 Å². The predicted molar refractivity (Wildman–Crippen MR) is 98.9 cm³/mol. The Morgan fingerprint density at radius 3 is 2.37 bits per heavy atom. The molecule has 0 bridgehead atoms. The van der Waals surface area contributed by atoms with Gasteiger partial charge in [-0.2, -0.15) is 0 Å². The molecule has 1 aromatic carbocycles. The van der Waals surface area contributed by atoms with E-state index in [0.717, 1.165) is 25.0 Å². The van der Waals surface area contributed by atoms with Crippen LogP contribution in [0, 0.1) is 5.82 Å². The molecule has 0 aliphatic carbocycles. The zero-order chi connectivity index (χ0) is 20.0. The fraction of sp³-hybridized carbons (Fsp3) is 0.556. The largest absolute Gasteiger partial charge is 0.353 e. The second-order valence-corrected chi connectivity index (χ2v) is 8.78. The summed E-state index contributed by atoms with van der Waals surface area (Å²) in [6.45, 7) is 3.00. The van der Waals surface area contributed by atoms with Gasteiger partial charge in [-0.15, -0.1) is 0 Å². The van der Waals surface area contributed by atoms with E-state index < -0.39 is 15.8 Å². The highest BCUT2D eigenvalue weighted by Crippen LogP contribution is 2.15. The molecule has 27 heavy (non-hydrogen) atoms. The summed E-state index contributed by atoms with van der Waals surface area (Å²) in [5.74, 6) is -0.573. The first-order valence-electron chi connectivity index (χ1n) is 8.97. The molecule has 1 heterocycles. The minimum Gasteiger partial charge on any atom is -0.353 e. The number of carbonyl (C=O) groups excluding carboxylic acids is 2. The number of sulfonamides is 1. The normalized spacial score (nSPS) is 15.8. The molecule has 0 saturated carbocycles. The molecule has 0 unspecified atom stereocenters. The van der Waals surface area contributed by atoms with E-state index in [-0.39, 0.29) is 35.7 Å². The average Bonchev–Trinajstić information content (AvgIpc) is 2.62. The summed E-state index contributed by atoms with van der Waals surface area (Å²) in [6, 6.07) is 4.70. The standard InChI is InChI=1S/C18H26FN3O4S/c1-14(23)22-12-9-16(10-13-22)20-18(24)4-3-11-21(2)27(25,26)17-7-5-15(19)6-8-17/h5-8,16H,3-4,9-13H2,1-2H3,(H,20,24). The molecule has 1 N–H and O–H groups in total. The Labute approximate surface area is 159 Å². The van der Waals surface area contributed by atoms with Crippen molar-refractivity contribution in [3.63, 3.8) is 0 Å². The van der Waals surface area contributed by atoms with E-state index in [1.807, 2.05) is 0 Å². The van der Waals surface area contributed by atoms with Gasteiger partial charge in [0.15, 0.2) is 0 Å².